The first-order valence-electron chi connectivity index (χ1n) is 13.2. The first-order valence-corrected chi connectivity index (χ1v) is 14.8. The molecule has 4 aromatic carbocycles. The number of thiazole rings is 2. The van der Waals surface area contributed by atoms with Gasteiger partial charge >= 0.3 is 0 Å². The van der Waals surface area contributed by atoms with Crippen LogP contribution in [0.4, 0.5) is 22.3 Å². The summed E-state index contributed by atoms with van der Waals surface area (Å²) in [6.07, 6.45) is 0. The van der Waals surface area contributed by atoms with Crippen LogP contribution in [0.15, 0.2) is 84.2 Å². The highest BCUT2D eigenvalue weighted by Crippen LogP contribution is 2.43. The maximum Gasteiger partial charge on any atom is 0.255 e. The number of nitrogens with two attached hydrogens (primary N) is 1. The van der Waals surface area contributed by atoms with Gasteiger partial charge in [-0.25, -0.2) is 9.97 Å². The van der Waals surface area contributed by atoms with E-state index in [1.54, 1.807) is 33.5 Å². The molecule has 4 N–H and O–H groups in total. The van der Waals surface area contributed by atoms with E-state index in [4.69, 9.17) is 24.9 Å². The van der Waals surface area contributed by atoms with Crippen LogP contribution < -0.4 is 30.6 Å². The number of benzene rings is 4. The van der Waals surface area contributed by atoms with Gasteiger partial charge in [0.1, 0.15) is 15.7 Å². The summed E-state index contributed by atoms with van der Waals surface area (Å²) in [6.45, 7) is 0. The molecule has 2 heterocycles. The molecular formula is C32H27N5O4S2. The number of nitrogens with zero attached hydrogens (tertiary/aromatic N) is 2. The van der Waals surface area contributed by atoms with Crippen molar-refractivity contribution in [1.82, 2.24) is 9.97 Å². The zero-order chi connectivity index (χ0) is 29.9. The lowest BCUT2D eigenvalue weighted by atomic mass is 10.1. The Hall–Kier alpha value is -5.13. The van der Waals surface area contributed by atoms with Crippen molar-refractivity contribution in [3.63, 3.8) is 0 Å². The zero-order valence-electron chi connectivity index (χ0n) is 23.5. The van der Waals surface area contributed by atoms with Gasteiger partial charge in [-0.1, -0.05) is 53.8 Å². The van der Waals surface area contributed by atoms with Crippen molar-refractivity contribution < 1.29 is 19.0 Å². The quantitative estimate of drug-likeness (QED) is 0.153. The molecule has 0 spiro atoms. The Morgan fingerprint density at radius 2 is 1.58 bits per heavy atom. The van der Waals surface area contributed by atoms with E-state index in [1.165, 1.54) is 22.7 Å². The number of carbonyl (C=O) groups is 1. The minimum atomic E-state index is -0.175. The topological polar surface area (TPSA) is 121 Å². The van der Waals surface area contributed by atoms with Gasteiger partial charge in [0.2, 0.25) is 5.75 Å². The van der Waals surface area contributed by atoms with E-state index >= 15 is 0 Å². The van der Waals surface area contributed by atoms with Crippen molar-refractivity contribution in [2.75, 3.05) is 37.7 Å². The Morgan fingerprint density at radius 1 is 0.814 bits per heavy atom. The molecule has 11 heteroatoms. The second kappa shape index (κ2) is 12.0. The summed E-state index contributed by atoms with van der Waals surface area (Å²) in [7, 11) is 4.69. The first-order chi connectivity index (χ1) is 20.9. The molecule has 6 aromatic rings. The smallest absolute Gasteiger partial charge is 0.255 e. The van der Waals surface area contributed by atoms with Crippen molar-refractivity contribution >= 4 is 61.7 Å². The lowest BCUT2D eigenvalue weighted by Gasteiger charge is -2.14. The van der Waals surface area contributed by atoms with Gasteiger partial charge in [-0.05, 0) is 35.0 Å². The van der Waals surface area contributed by atoms with Crippen LogP contribution in [0.2, 0.25) is 0 Å². The largest absolute Gasteiger partial charge is 0.493 e. The number of aromatic nitrogens is 2. The van der Waals surface area contributed by atoms with Gasteiger partial charge < -0.3 is 30.6 Å². The molecule has 0 saturated carbocycles. The summed E-state index contributed by atoms with van der Waals surface area (Å²) < 4.78 is 16.3. The molecule has 43 heavy (non-hydrogen) atoms. The first kappa shape index (κ1) is 28.0. The van der Waals surface area contributed by atoms with Crippen LogP contribution in [0, 0.1) is 0 Å². The fourth-order valence-corrected chi connectivity index (χ4v) is 6.45. The predicted octanol–water partition coefficient (Wildman–Crippen LogP) is 7.69. The number of ether oxygens (including phenoxy) is 3. The molecule has 9 nitrogen and oxygen atoms in total. The van der Waals surface area contributed by atoms with E-state index in [9.17, 15) is 4.79 Å². The SMILES string of the molecule is COc1cc(Nc2nc(N)c(-c3nc(-c4cccc(NC(=O)c5ccc6ccccc6c5)c4)cs3)s2)cc(OC)c1OC. The Bertz CT molecular complexity index is 1930. The fourth-order valence-electron chi connectivity index (χ4n) is 4.62. The normalized spacial score (nSPS) is 10.9. The summed E-state index contributed by atoms with van der Waals surface area (Å²) in [4.78, 5) is 23.1. The van der Waals surface area contributed by atoms with E-state index in [1.807, 2.05) is 72.1 Å². The average molecular weight is 610 g/mol. The minimum absolute atomic E-state index is 0.175. The number of hydrogen-bond acceptors (Lipinski definition) is 10. The Kier molecular flexibility index (Phi) is 7.82. The van der Waals surface area contributed by atoms with E-state index in [2.05, 4.69) is 15.6 Å². The Balaban J connectivity index is 1.20. The highest BCUT2D eigenvalue weighted by Gasteiger charge is 2.18. The number of nitrogens with one attached hydrogen (secondary N) is 2. The van der Waals surface area contributed by atoms with Gasteiger partial charge in [0.15, 0.2) is 16.6 Å². The van der Waals surface area contributed by atoms with Crippen LogP contribution >= 0.6 is 22.7 Å². The molecule has 0 atom stereocenters. The second-order valence-corrected chi connectivity index (χ2v) is 11.3. The monoisotopic (exact) mass is 609 g/mol. The van der Waals surface area contributed by atoms with Gasteiger partial charge in [0, 0.05) is 40.0 Å². The maximum absolute atomic E-state index is 13.0. The lowest BCUT2D eigenvalue weighted by Crippen LogP contribution is -2.11. The summed E-state index contributed by atoms with van der Waals surface area (Å²) in [5.41, 5.74) is 9.94. The van der Waals surface area contributed by atoms with Crippen LogP contribution in [0.3, 0.4) is 0 Å². The molecule has 1 amide bonds. The Morgan fingerprint density at radius 3 is 2.33 bits per heavy atom. The van der Waals surface area contributed by atoms with Crippen LogP contribution in [-0.2, 0) is 0 Å². The van der Waals surface area contributed by atoms with Crippen molar-refractivity contribution in [1.29, 1.82) is 0 Å². The zero-order valence-corrected chi connectivity index (χ0v) is 25.1. The standard InChI is InChI=1S/C32H27N5O4S2/c1-39-25-15-23(16-26(40-2)27(25)41-3)35-32-37-29(33)28(43-32)31-36-24(17-42-31)20-9-6-10-22(14-20)34-30(38)21-12-11-18-7-4-5-8-19(18)13-21/h4-17H,33H2,1-3H3,(H,34,38)(H,35,37). The number of rotatable bonds is 9. The van der Waals surface area contributed by atoms with Crippen LogP contribution in [0.5, 0.6) is 17.2 Å². The third-order valence-corrected chi connectivity index (χ3v) is 8.68. The molecule has 0 saturated heterocycles. The number of anilines is 4. The van der Waals surface area contributed by atoms with E-state index < -0.39 is 0 Å². The summed E-state index contributed by atoms with van der Waals surface area (Å²) in [5, 5.41) is 11.7. The number of hydrogen-bond donors (Lipinski definition) is 3. The molecular weight excluding hydrogens is 583 g/mol. The van der Waals surface area contributed by atoms with E-state index in [0.717, 1.165) is 31.9 Å². The van der Waals surface area contributed by atoms with Gasteiger partial charge in [-0.2, -0.15) is 0 Å². The number of carbonyl (C=O) groups excluding carboxylic acids is 1. The molecule has 0 aliphatic carbocycles. The van der Waals surface area contributed by atoms with Gasteiger partial charge in [0.05, 0.1) is 27.0 Å². The summed E-state index contributed by atoms with van der Waals surface area (Å²) >= 11 is 2.87. The van der Waals surface area contributed by atoms with Crippen LogP contribution in [0.25, 0.3) is 31.9 Å². The molecule has 2 aromatic heterocycles. The minimum Gasteiger partial charge on any atom is -0.493 e. The van der Waals surface area contributed by atoms with E-state index in [0.29, 0.717) is 45.1 Å². The van der Waals surface area contributed by atoms with Crippen molar-refractivity contribution in [2.45, 2.75) is 0 Å². The number of amides is 1. The molecule has 216 valence electrons. The average Bonchev–Trinajstić information content (AvgIpc) is 3.66. The molecule has 0 fully saturated rings. The third-order valence-electron chi connectivity index (χ3n) is 6.70. The molecule has 0 bridgehead atoms. The van der Waals surface area contributed by atoms with Gasteiger partial charge in [-0.15, -0.1) is 11.3 Å². The number of fused-ring (bicyclic) bond motifs is 1. The Labute approximate surface area is 255 Å². The fraction of sp³-hybridized carbons (Fsp3) is 0.0938. The molecule has 0 aliphatic heterocycles. The number of methoxy groups -OCH3 is 3. The second-order valence-electron chi connectivity index (χ2n) is 9.41. The maximum atomic E-state index is 13.0. The summed E-state index contributed by atoms with van der Waals surface area (Å²) in [6, 6.07) is 24.9. The highest BCUT2D eigenvalue weighted by molar-refractivity contribution is 7.23. The molecule has 0 radical (unpaired) electrons. The van der Waals surface area contributed by atoms with Gasteiger partial charge in [-0.3, -0.25) is 4.79 Å². The molecule has 6 rings (SSSR count). The van der Waals surface area contributed by atoms with Crippen LogP contribution in [0.1, 0.15) is 10.4 Å². The van der Waals surface area contributed by atoms with Gasteiger partial charge in [0.25, 0.3) is 5.91 Å². The highest BCUT2D eigenvalue weighted by atomic mass is 32.1. The van der Waals surface area contributed by atoms with Crippen molar-refractivity contribution in [3.05, 3.63) is 89.8 Å². The predicted molar refractivity (Wildman–Crippen MR) is 174 cm³/mol. The van der Waals surface area contributed by atoms with E-state index in [-0.39, 0.29) is 5.91 Å². The van der Waals surface area contributed by atoms with Crippen molar-refractivity contribution in [2.24, 2.45) is 0 Å². The summed E-state index contributed by atoms with van der Waals surface area (Å²) in [5.74, 6) is 1.75. The molecule has 0 aliphatic rings. The number of nitrogen functional groups attached to an aromatic ring is 1. The molecule has 0 unspecified atom stereocenters. The van der Waals surface area contributed by atoms with Crippen LogP contribution in [-0.4, -0.2) is 37.2 Å². The van der Waals surface area contributed by atoms with Crippen molar-refractivity contribution in [3.8, 4) is 38.4 Å². The third kappa shape index (κ3) is 5.81. The lowest BCUT2D eigenvalue weighted by molar-refractivity contribution is 0.102.